The SMILES string of the molecule is CC1CC(NCc2csc([N+](=O)[O-])c2)CCO1. The van der Waals surface area contributed by atoms with Crippen LogP contribution in [0.4, 0.5) is 5.00 Å². The van der Waals surface area contributed by atoms with Crippen LogP contribution < -0.4 is 5.32 Å². The first-order valence-corrected chi connectivity index (χ1v) is 6.60. The van der Waals surface area contributed by atoms with Crippen molar-refractivity contribution in [3.05, 3.63) is 27.1 Å². The van der Waals surface area contributed by atoms with Gasteiger partial charge in [0.25, 0.3) is 0 Å². The summed E-state index contributed by atoms with van der Waals surface area (Å²) >= 11 is 1.18. The predicted octanol–water partition coefficient (Wildman–Crippen LogP) is 2.31. The maximum atomic E-state index is 10.5. The van der Waals surface area contributed by atoms with Crippen LogP contribution in [0.5, 0.6) is 0 Å². The third-order valence-electron chi connectivity index (χ3n) is 2.90. The zero-order chi connectivity index (χ0) is 12.3. The standard InChI is InChI=1S/C11H16N2O3S/c1-8-4-10(2-3-16-8)12-6-9-5-11(13(14)15)17-7-9/h5,7-8,10,12H,2-4,6H2,1H3. The monoisotopic (exact) mass is 256 g/mol. The van der Waals surface area contributed by atoms with E-state index in [4.69, 9.17) is 4.74 Å². The van der Waals surface area contributed by atoms with Gasteiger partial charge in [0.2, 0.25) is 0 Å². The van der Waals surface area contributed by atoms with Crippen LogP contribution in [-0.4, -0.2) is 23.7 Å². The van der Waals surface area contributed by atoms with Crippen LogP contribution in [0.15, 0.2) is 11.4 Å². The Morgan fingerprint density at radius 1 is 1.71 bits per heavy atom. The van der Waals surface area contributed by atoms with Gasteiger partial charge in [-0.2, -0.15) is 0 Å². The lowest BCUT2D eigenvalue weighted by Crippen LogP contribution is -2.37. The molecule has 1 fully saturated rings. The molecule has 5 nitrogen and oxygen atoms in total. The quantitative estimate of drug-likeness (QED) is 0.663. The minimum Gasteiger partial charge on any atom is -0.378 e. The second-order valence-corrected chi connectivity index (χ2v) is 5.22. The maximum Gasteiger partial charge on any atom is 0.324 e. The fraction of sp³-hybridized carbons (Fsp3) is 0.636. The summed E-state index contributed by atoms with van der Waals surface area (Å²) in [6, 6.07) is 2.10. The molecule has 0 amide bonds. The average Bonchev–Trinajstić information content (AvgIpc) is 2.75. The van der Waals surface area contributed by atoms with E-state index in [0.717, 1.165) is 25.0 Å². The molecule has 2 heterocycles. The Bertz CT molecular complexity index is 394. The predicted molar refractivity (Wildman–Crippen MR) is 66.2 cm³/mol. The fourth-order valence-electron chi connectivity index (χ4n) is 2.00. The normalized spacial score (nSPS) is 24.8. The van der Waals surface area contributed by atoms with Gasteiger partial charge in [0.05, 0.1) is 11.0 Å². The van der Waals surface area contributed by atoms with Crippen molar-refractivity contribution >= 4 is 16.3 Å². The molecule has 0 aliphatic carbocycles. The molecule has 1 aromatic heterocycles. The molecule has 0 bridgehead atoms. The molecule has 1 N–H and O–H groups in total. The Morgan fingerprint density at radius 3 is 3.18 bits per heavy atom. The molecule has 1 saturated heterocycles. The van der Waals surface area contributed by atoms with E-state index in [1.54, 1.807) is 6.07 Å². The first-order chi connectivity index (χ1) is 8.15. The summed E-state index contributed by atoms with van der Waals surface area (Å²) in [5.74, 6) is 0. The van der Waals surface area contributed by atoms with Gasteiger partial charge in [-0.3, -0.25) is 10.1 Å². The molecule has 0 aromatic carbocycles. The first kappa shape index (κ1) is 12.5. The molecule has 1 aromatic rings. The zero-order valence-corrected chi connectivity index (χ0v) is 10.5. The summed E-state index contributed by atoms with van der Waals surface area (Å²) in [5, 5.41) is 16.0. The van der Waals surface area contributed by atoms with Crippen LogP contribution in [0.3, 0.4) is 0 Å². The van der Waals surface area contributed by atoms with E-state index in [1.165, 1.54) is 11.3 Å². The van der Waals surface area contributed by atoms with Gasteiger partial charge < -0.3 is 10.1 Å². The molecular formula is C11H16N2O3S. The van der Waals surface area contributed by atoms with Gasteiger partial charge in [-0.05, 0) is 25.3 Å². The Balaban J connectivity index is 1.82. The second-order valence-electron chi connectivity index (χ2n) is 4.33. The van der Waals surface area contributed by atoms with Crippen molar-refractivity contribution in [1.82, 2.24) is 5.32 Å². The number of ether oxygens (including phenoxy) is 1. The lowest BCUT2D eigenvalue weighted by molar-refractivity contribution is -0.380. The highest BCUT2D eigenvalue weighted by atomic mass is 32.1. The van der Waals surface area contributed by atoms with Gasteiger partial charge in [-0.25, -0.2) is 0 Å². The van der Waals surface area contributed by atoms with E-state index in [9.17, 15) is 10.1 Å². The number of nitrogens with one attached hydrogen (secondary N) is 1. The fourth-order valence-corrected chi connectivity index (χ4v) is 2.73. The first-order valence-electron chi connectivity index (χ1n) is 5.72. The summed E-state index contributed by atoms with van der Waals surface area (Å²) in [4.78, 5) is 10.2. The maximum absolute atomic E-state index is 10.5. The highest BCUT2D eigenvalue weighted by molar-refractivity contribution is 7.13. The van der Waals surface area contributed by atoms with Gasteiger partial charge in [0.15, 0.2) is 0 Å². The van der Waals surface area contributed by atoms with Crippen molar-refractivity contribution in [2.75, 3.05) is 6.61 Å². The summed E-state index contributed by atoms with van der Waals surface area (Å²) in [7, 11) is 0. The van der Waals surface area contributed by atoms with Crippen molar-refractivity contribution in [3.63, 3.8) is 0 Å². The van der Waals surface area contributed by atoms with Crippen molar-refractivity contribution in [2.24, 2.45) is 0 Å². The molecular weight excluding hydrogens is 240 g/mol. The molecule has 0 saturated carbocycles. The molecule has 94 valence electrons. The Morgan fingerprint density at radius 2 is 2.53 bits per heavy atom. The van der Waals surface area contributed by atoms with Crippen LogP contribution in [0.2, 0.25) is 0 Å². The van der Waals surface area contributed by atoms with Gasteiger partial charge in [0.1, 0.15) is 0 Å². The third-order valence-corrected chi connectivity index (χ3v) is 3.83. The van der Waals surface area contributed by atoms with Gasteiger partial charge in [-0.15, -0.1) is 0 Å². The minimum atomic E-state index is -0.343. The van der Waals surface area contributed by atoms with E-state index < -0.39 is 0 Å². The summed E-state index contributed by atoms with van der Waals surface area (Å²) in [6.07, 6.45) is 2.32. The molecule has 17 heavy (non-hydrogen) atoms. The molecule has 1 aliphatic rings. The van der Waals surface area contributed by atoms with E-state index in [0.29, 0.717) is 18.7 Å². The highest BCUT2D eigenvalue weighted by Gasteiger charge is 2.19. The molecule has 2 atom stereocenters. The molecule has 0 radical (unpaired) electrons. The van der Waals surface area contributed by atoms with E-state index in [2.05, 4.69) is 12.2 Å². The molecule has 1 aliphatic heterocycles. The van der Waals surface area contributed by atoms with E-state index in [-0.39, 0.29) is 9.92 Å². The number of hydrogen-bond acceptors (Lipinski definition) is 5. The zero-order valence-electron chi connectivity index (χ0n) is 9.72. The Hall–Kier alpha value is -0.980. The second kappa shape index (κ2) is 5.57. The largest absolute Gasteiger partial charge is 0.378 e. The number of nitrogens with zero attached hydrogens (tertiary/aromatic N) is 1. The van der Waals surface area contributed by atoms with Crippen molar-refractivity contribution < 1.29 is 9.66 Å². The summed E-state index contributed by atoms with van der Waals surface area (Å²) in [6.45, 7) is 3.56. The Kier molecular flexibility index (Phi) is 4.09. The minimum absolute atomic E-state index is 0.210. The lowest BCUT2D eigenvalue weighted by atomic mass is 10.0. The number of nitro groups is 1. The summed E-state index contributed by atoms with van der Waals surface area (Å²) < 4.78 is 5.47. The Labute approximate surface area is 104 Å². The molecule has 2 unspecified atom stereocenters. The van der Waals surface area contributed by atoms with E-state index >= 15 is 0 Å². The summed E-state index contributed by atoms with van der Waals surface area (Å²) in [5.41, 5.74) is 0.987. The lowest BCUT2D eigenvalue weighted by Gasteiger charge is -2.27. The van der Waals surface area contributed by atoms with Gasteiger partial charge in [0, 0.05) is 30.6 Å². The van der Waals surface area contributed by atoms with Gasteiger partial charge >= 0.3 is 5.00 Å². The molecule has 6 heteroatoms. The molecule has 0 spiro atoms. The van der Waals surface area contributed by atoms with Crippen LogP contribution >= 0.6 is 11.3 Å². The smallest absolute Gasteiger partial charge is 0.324 e. The van der Waals surface area contributed by atoms with E-state index in [1.807, 2.05) is 5.38 Å². The van der Waals surface area contributed by atoms with Crippen LogP contribution in [0.1, 0.15) is 25.3 Å². The van der Waals surface area contributed by atoms with Crippen LogP contribution in [0.25, 0.3) is 0 Å². The van der Waals surface area contributed by atoms with Crippen LogP contribution in [-0.2, 0) is 11.3 Å². The molecule has 2 rings (SSSR count). The topological polar surface area (TPSA) is 64.4 Å². The number of rotatable bonds is 4. The van der Waals surface area contributed by atoms with Crippen molar-refractivity contribution in [3.8, 4) is 0 Å². The van der Waals surface area contributed by atoms with Crippen molar-refractivity contribution in [1.29, 1.82) is 0 Å². The third kappa shape index (κ3) is 3.49. The van der Waals surface area contributed by atoms with Crippen LogP contribution in [0, 0.1) is 10.1 Å². The van der Waals surface area contributed by atoms with Gasteiger partial charge in [-0.1, -0.05) is 11.3 Å². The van der Waals surface area contributed by atoms with Crippen molar-refractivity contribution in [2.45, 2.75) is 38.5 Å². The number of thiophene rings is 1. The highest BCUT2D eigenvalue weighted by Crippen LogP contribution is 2.23. The average molecular weight is 256 g/mol. The number of hydrogen-bond donors (Lipinski definition) is 1.